The maximum atomic E-state index is 10.9. The van der Waals surface area contributed by atoms with Crippen molar-refractivity contribution in [3.63, 3.8) is 0 Å². The van der Waals surface area contributed by atoms with Crippen LogP contribution >= 0.6 is 0 Å². The zero-order valence-corrected chi connectivity index (χ0v) is 6.81. The molecule has 0 spiro atoms. The highest BCUT2D eigenvalue weighted by molar-refractivity contribution is 5.82. The van der Waals surface area contributed by atoms with Crippen LogP contribution in [0.1, 0.15) is 13.3 Å². The van der Waals surface area contributed by atoms with Gasteiger partial charge >= 0.3 is 0 Å². The highest BCUT2D eigenvalue weighted by Gasteiger charge is 1.95. The lowest BCUT2D eigenvalue weighted by atomic mass is 10.3. The molecule has 0 bridgehead atoms. The zero-order valence-electron chi connectivity index (χ0n) is 6.81. The summed E-state index contributed by atoms with van der Waals surface area (Å²) in [6.07, 6.45) is 2.07. The molecule has 0 aliphatic carbocycles. The summed E-state index contributed by atoms with van der Waals surface area (Å²) < 4.78 is 0. The summed E-state index contributed by atoms with van der Waals surface area (Å²) in [5.74, 6) is 5.51. The van der Waals surface area contributed by atoms with Crippen LogP contribution in [0.5, 0.6) is 0 Å². The van der Waals surface area contributed by atoms with Crippen molar-refractivity contribution in [1.29, 1.82) is 0 Å². The van der Waals surface area contributed by atoms with E-state index >= 15 is 0 Å². The molecule has 0 rings (SSSR count). The summed E-state index contributed by atoms with van der Waals surface area (Å²) in [4.78, 5) is 10.9. The zero-order chi connectivity index (χ0) is 8.53. The van der Waals surface area contributed by atoms with E-state index in [0.717, 1.165) is 0 Å². The van der Waals surface area contributed by atoms with Crippen molar-refractivity contribution >= 4 is 5.78 Å². The third-order valence-corrected chi connectivity index (χ3v) is 1.07. The third kappa shape index (κ3) is 6.82. The van der Waals surface area contributed by atoms with Crippen LogP contribution in [-0.2, 0) is 4.79 Å². The molecule has 0 unspecified atom stereocenters. The fraction of sp³-hybridized carbons (Fsp3) is 0.444. The molecule has 0 aromatic rings. The van der Waals surface area contributed by atoms with Gasteiger partial charge in [-0.15, -0.1) is 12.5 Å². The lowest BCUT2D eigenvalue weighted by molar-refractivity contribution is -0.117. The lowest BCUT2D eigenvalue weighted by Gasteiger charge is -1.95. The second-order valence-corrected chi connectivity index (χ2v) is 2.06. The number of Topliss-reactive ketones (excluding diaryl/α,β-unsaturated/α-hetero) is 1. The SMILES string of the molecule is C=CCNCC(=O)CC#CC. The molecule has 0 heterocycles. The molecule has 0 radical (unpaired) electrons. The fourth-order valence-electron chi connectivity index (χ4n) is 0.563. The second-order valence-electron chi connectivity index (χ2n) is 2.06. The average molecular weight is 151 g/mol. The molecule has 1 N–H and O–H groups in total. The van der Waals surface area contributed by atoms with Crippen molar-refractivity contribution in [1.82, 2.24) is 5.32 Å². The topological polar surface area (TPSA) is 29.1 Å². The minimum atomic E-state index is 0.126. The fourth-order valence-corrected chi connectivity index (χ4v) is 0.563. The van der Waals surface area contributed by atoms with Crippen molar-refractivity contribution in [3.05, 3.63) is 12.7 Å². The predicted octanol–water partition coefficient (Wildman–Crippen LogP) is 0.745. The molecule has 2 nitrogen and oxygen atoms in total. The first-order valence-electron chi connectivity index (χ1n) is 3.54. The van der Waals surface area contributed by atoms with E-state index in [-0.39, 0.29) is 5.78 Å². The van der Waals surface area contributed by atoms with Gasteiger partial charge in [-0.3, -0.25) is 4.79 Å². The minimum Gasteiger partial charge on any atom is -0.306 e. The van der Waals surface area contributed by atoms with E-state index < -0.39 is 0 Å². The van der Waals surface area contributed by atoms with Crippen molar-refractivity contribution < 1.29 is 4.79 Å². The van der Waals surface area contributed by atoms with Gasteiger partial charge in [0.05, 0.1) is 13.0 Å². The van der Waals surface area contributed by atoms with Gasteiger partial charge in [0.25, 0.3) is 0 Å². The maximum absolute atomic E-state index is 10.9. The lowest BCUT2D eigenvalue weighted by Crippen LogP contribution is -2.22. The molecule has 0 aromatic carbocycles. The van der Waals surface area contributed by atoms with E-state index in [2.05, 4.69) is 23.7 Å². The highest BCUT2D eigenvalue weighted by Crippen LogP contribution is 1.77. The summed E-state index contributed by atoms with van der Waals surface area (Å²) in [6, 6.07) is 0. The van der Waals surface area contributed by atoms with Crippen LogP contribution < -0.4 is 5.32 Å². The molecule has 0 aliphatic heterocycles. The molecule has 0 aromatic heterocycles. The number of carbonyl (C=O) groups excluding carboxylic acids is 1. The summed E-state index contributed by atoms with van der Waals surface area (Å²) in [5.41, 5.74) is 0. The Hall–Kier alpha value is -1.07. The van der Waals surface area contributed by atoms with Gasteiger partial charge in [0, 0.05) is 6.54 Å². The number of hydrogen-bond donors (Lipinski definition) is 1. The van der Waals surface area contributed by atoms with E-state index in [1.165, 1.54) is 0 Å². The third-order valence-electron chi connectivity index (χ3n) is 1.07. The molecule has 0 saturated carbocycles. The quantitative estimate of drug-likeness (QED) is 0.357. The summed E-state index contributed by atoms with van der Waals surface area (Å²) in [6.45, 7) is 6.31. The summed E-state index contributed by atoms with van der Waals surface area (Å²) in [5, 5.41) is 2.91. The Morgan fingerprint density at radius 2 is 2.45 bits per heavy atom. The second kappa shape index (κ2) is 7.04. The van der Waals surface area contributed by atoms with Crippen LogP contribution in [0, 0.1) is 11.8 Å². The molecule has 0 amide bonds. The van der Waals surface area contributed by atoms with Gasteiger partial charge in [-0.25, -0.2) is 0 Å². The minimum absolute atomic E-state index is 0.126. The Kier molecular flexibility index (Phi) is 6.36. The number of rotatable bonds is 5. The molecule has 0 aliphatic rings. The molecule has 11 heavy (non-hydrogen) atoms. The van der Waals surface area contributed by atoms with Gasteiger partial charge in [-0.1, -0.05) is 12.0 Å². The molecular weight excluding hydrogens is 138 g/mol. The Morgan fingerprint density at radius 3 is 3.00 bits per heavy atom. The highest BCUT2D eigenvalue weighted by atomic mass is 16.1. The van der Waals surface area contributed by atoms with Gasteiger partial charge in [-0.05, 0) is 6.92 Å². The van der Waals surface area contributed by atoms with Gasteiger partial charge in [0.1, 0.15) is 0 Å². The largest absolute Gasteiger partial charge is 0.306 e. The predicted molar refractivity (Wildman–Crippen MR) is 46.1 cm³/mol. The number of hydrogen-bond acceptors (Lipinski definition) is 2. The maximum Gasteiger partial charge on any atom is 0.158 e. The van der Waals surface area contributed by atoms with E-state index in [9.17, 15) is 4.79 Å². The van der Waals surface area contributed by atoms with Crippen LogP contribution in [0.2, 0.25) is 0 Å². The molecule has 60 valence electrons. The first-order chi connectivity index (χ1) is 5.31. The van der Waals surface area contributed by atoms with Crippen molar-refractivity contribution in [2.45, 2.75) is 13.3 Å². The Bertz CT molecular complexity index is 185. The standard InChI is InChI=1S/C9H13NO/c1-3-5-6-9(11)8-10-7-4-2/h4,10H,2,6-8H2,1H3. The van der Waals surface area contributed by atoms with Gasteiger partial charge in [0.2, 0.25) is 0 Å². The van der Waals surface area contributed by atoms with Gasteiger partial charge in [-0.2, -0.15) is 0 Å². The average Bonchev–Trinajstić information content (AvgIpc) is 2.01. The van der Waals surface area contributed by atoms with E-state index in [4.69, 9.17) is 0 Å². The first-order valence-corrected chi connectivity index (χ1v) is 3.54. The van der Waals surface area contributed by atoms with Gasteiger partial charge in [0.15, 0.2) is 5.78 Å². The normalized spacial score (nSPS) is 8.09. The number of carbonyl (C=O) groups is 1. The monoisotopic (exact) mass is 151 g/mol. The Balaban J connectivity index is 3.34. The molecule has 0 fully saturated rings. The van der Waals surface area contributed by atoms with E-state index in [1.54, 1.807) is 13.0 Å². The number of ketones is 1. The molecule has 0 saturated heterocycles. The van der Waals surface area contributed by atoms with Crippen molar-refractivity contribution in [2.24, 2.45) is 0 Å². The van der Waals surface area contributed by atoms with Crippen LogP contribution in [0.25, 0.3) is 0 Å². The van der Waals surface area contributed by atoms with E-state index in [1.807, 2.05) is 0 Å². The smallest absolute Gasteiger partial charge is 0.158 e. The summed E-state index contributed by atoms with van der Waals surface area (Å²) >= 11 is 0. The van der Waals surface area contributed by atoms with Crippen LogP contribution in [0.15, 0.2) is 12.7 Å². The molecular formula is C9H13NO. The summed E-state index contributed by atoms with van der Waals surface area (Å²) in [7, 11) is 0. The van der Waals surface area contributed by atoms with Crippen LogP contribution in [-0.4, -0.2) is 18.9 Å². The van der Waals surface area contributed by atoms with Crippen molar-refractivity contribution in [3.8, 4) is 11.8 Å². The van der Waals surface area contributed by atoms with Crippen LogP contribution in [0.3, 0.4) is 0 Å². The Labute approximate surface area is 67.7 Å². The molecule has 0 atom stereocenters. The molecule has 2 heteroatoms. The van der Waals surface area contributed by atoms with Crippen LogP contribution in [0.4, 0.5) is 0 Å². The van der Waals surface area contributed by atoms with Crippen molar-refractivity contribution in [2.75, 3.05) is 13.1 Å². The van der Waals surface area contributed by atoms with E-state index in [0.29, 0.717) is 19.5 Å². The van der Waals surface area contributed by atoms with Gasteiger partial charge < -0.3 is 5.32 Å². The first kappa shape index (κ1) is 9.93. The number of nitrogens with one attached hydrogen (secondary N) is 1. The Morgan fingerprint density at radius 1 is 1.73 bits per heavy atom.